The summed E-state index contributed by atoms with van der Waals surface area (Å²) in [5, 5.41) is 8.65. The molecule has 0 saturated heterocycles. The van der Waals surface area contributed by atoms with Crippen LogP contribution in [0.5, 0.6) is 11.5 Å². The van der Waals surface area contributed by atoms with Crippen LogP contribution >= 0.6 is 0 Å². The molecular formula is C15H14FN3O. The van der Waals surface area contributed by atoms with Crippen LogP contribution in [0.2, 0.25) is 0 Å². The van der Waals surface area contributed by atoms with E-state index in [1.807, 2.05) is 6.92 Å². The first kappa shape index (κ1) is 14.0. The molecule has 0 spiro atoms. The van der Waals surface area contributed by atoms with Crippen molar-refractivity contribution < 1.29 is 9.13 Å². The summed E-state index contributed by atoms with van der Waals surface area (Å²) in [6.45, 7) is 1.98. The summed E-state index contributed by atoms with van der Waals surface area (Å²) in [5.41, 5.74) is 6.63. The number of nitrogens with two attached hydrogens (primary N) is 1. The van der Waals surface area contributed by atoms with E-state index in [0.717, 1.165) is 12.1 Å². The van der Waals surface area contributed by atoms with Crippen molar-refractivity contribution in [2.24, 2.45) is 5.73 Å². The van der Waals surface area contributed by atoms with Crippen molar-refractivity contribution in [2.45, 2.75) is 19.4 Å². The van der Waals surface area contributed by atoms with Crippen LogP contribution in [0.15, 0.2) is 36.5 Å². The Bertz CT molecular complexity index is 635. The van der Waals surface area contributed by atoms with Crippen LogP contribution in [0, 0.1) is 17.1 Å². The summed E-state index contributed by atoms with van der Waals surface area (Å²) in [4.78, 5) is 4.21. The fourth-order valence-corrected chi connectivity index (χ4v) is 1.67. The van der Waals surface area contributed by atoms with Gasteiger partial charge in [0.05, 0.1) is 17.5 Å². The predicted molar refractivity (Wildman–Crippen MR) is 72.6 cm³/mol. The highest BCUT2D eigenvalue weighted by Crippen LogP contribution is 2.23. The highest BCUT2D eigenvalue weighted by molar-refractivity contribution is 5.38. The first-order valence-electron chi connectivity index (χ1n) is 6.23. The zero-order valence-electron chi connectivity index (χ0n) is 11.0. The topological polar surface area (TPSA) is 71.9 Å². The molecule has 2 rings (SSSR count). The molecule has 1 aromatic heterocycles. The average molecular weight is 271 g/mol. The minimum Gasteiger partial charge on any atom is -0.456 e. The number of nitriles is 1. The van der Waals surface area contributed by atoms with Crippen molar-refractivity contribution in [3.8, 4) is 17.6 Å². The standard InChI is InChI=1S/C15H14FN3O/c1-2-14(18)15-6-5-12(9-19-15)20-11-4-3-10(8-17)13(16)7-11/h3-7,9,14H,2,18H2,1H3/t14-/m0/s1. The van der Waals surface area contributed by atoms with Gasteiger partial charge in [-0.3, -0.25) is 4.98 Å². The van der Waals surface area contributed by atoms with Gasteiger partial charge in [-0.15, -0.1) is 0 Å². The zero-order chi connectivity index (χ0) is 14.5. The van der Waals surface area contributed by atoms with Crippen LogP contribution in [-0.2, 0) is 0 Å². The second-order valence-corrected chi connectivity index (χ2v) is 4.29. The summed E-state index contributed by atoms with van der Waals surface area (Å²) >= 11 is 0. The Labute approximate surface area is 116 Å². The van der Waals surface area contributed by atoms with E-state index in [-0.39, 0.29) is 11.6 Å². The number of ether oxygens (including phenoxy) is 1. The quantitative estimate of drug-likeness (QED) is 0.926. The molecule has 0 unspecified atom stereocenters. The molecule has 1 aromatic carbocycles. The number of nitrogens with zero attached hydrogens (tertiary/aromatic N) is 2. The van der Waals surface area contributed by atoms with Gasteiger partial charge in [-0.2, -0.15) is 5.26 Å². The van der Waals surface area contributed by atoms with E-state index in [1.54, 1.807) is 24.4 Å². The molecule has 0 aliphatic heterocycles. The maximum Gasteiger partial charge on any atom is 0.145 e. The maximum atomic E-state index is 13.4. The van der Waals surface area contributed by atoms with Gasteiger partial charge in [-0.1, -0.05) is 6.92 Å². The van der Waals surface area contributed by atoms with E-state index >= 15 is 0 Å². The molecule has 1 atom stereocenters. The molecule has 2 N–H and O–H groups in total. The molecule has 0 aliphatic rings. The Kier molecular flexibility index (Phi) is 4.28. The van der Waals surface area contributed by atoms with Gasteiger partial charge < -0.3 is 10.5 Å². The zero-order valence-corrected chi connectivity index (χ0v) is 11.0. The van der Waals surface area contributed by atoms with Crippen LogP contribution in [0.1, 0.15) is 30.6 Å². The molecule has 4 nitrogen and oxygen atoms in total. The van der Waals surface area contributed by atoms with Crippen molar-refractivity contribution >= 4 is 0 Å². The first-order valence-corrected chi connectivity index (χ1v) is 6.23. The fourth-order valence-electron chi connectivity index (χ4n) is 1.67. The number of benzene rings is 1. The van der Waals surface area contributed by atoms with Crippen molar-refractivity contribution in [1.82, 2.24) is 4.98 Å². The molecular weight excluding hydrogens is 257 g/mol. The lowest BCUT2D eigenvalue weighted by Gasteiger charge is -2.09. The third-order valence-electron chi connectivity index (χ3n) is 2.88. The lowest BCUT2D eigenvalue weighted by molar-refractivity contribution is 0.473. The Balaban J connectivity index is 2.14. The molecule has 0 saturated carbocycles. The highest BCUT2D eigenvalue weighted by Gasteiger charge is 2.07. The SMILES string of the molecule is CC[C@H](N)c1ccc(Oc2ccc(C#N)c(F)c2)cn1. The molecule has 5 heteroatoms. The lowest BCUT2D eigenvalue weighted by Crippen LogP contribution is -2.10. The second-order valence-electron chi connectivity index (χ2n) is 4.29. The Morgan fingerprint density at radius 1 is 1.35 bits per heavy atom. The number of hydrogen-bond acceptors (Lipinski definition) is 4. The van der Waals surface area contributed by atoms with Crippen molar-refractivity contribution in [2.75, 3.05) is 0 Å². The molecule has 0 fully saturated rings. The number of halogens is 1. The Morgan fingerprint density at radius 2 is 2.10 bits per heavy atom. The van der Waals surface area contributed by atoms with Crippen molar-refractivity contribution in [3.63, 3.8) is 0 Å². The summed E-state index contributed by atoms with van der Waals surface area (Å²) in [7, 11) is 0. The summed E-state index contributed by atoms with van der Waals surface area (Å²) in [6, 6.07) is 9.25. The maximum absolute atomic E-state index is 13.4. The molecule has 0 bridgehead atoms. The average Bonchev–Trinajstić information content (AvgIpc) is 2.47. The van der Waals surface area contributed by atoms with Crippen LogP contribution < -0.4 is 10.5 Å². The molecule has 102 valence electrons. The van der Waals surface area contributed by atoms with E-state index in [9.17, 15) is 4.39 Å². The van der Waals surface area contributed by atoms with E-state index < -0.39 is 5.82 Å². The van der Waals surface area contributed by atoms with Gasteiger partial charge in [0.25, 0.3) is 0 Å². The number of pyridine rings is 1. The number of rotatable bonds is 4. The van der Waals surface area contributed by atoms with E-state index in [4.69, 9.17) is 15.7 Å². The van der Waals surface area contributed by atoms with E-state index in [2.05, 4.69) is 4.98 Å². The Hall–Kier alpha value is -2.45. The van der Waals surface area contributed by atoms with Gasteiger partial charge >= 0.3 is 0 Å². The van der Waals surface area contributed by atoms with Crippen molar-refractivity contribution in [3.05, 3.63) is 53.6 Å². The van der Waals surface area contributed by atoms with Gasteiger partial charge in [0.15, 0.2) is 0 Å². The molecule has 1 heterocycles. The van der Waals surface area contributed by atoms with Crippen LogP contribution in [0.3, 0.4) is 0 Å². The van der Waals surface area contributed by atoms with Crippen LogP contribution in [0.25, 0.3) is 0 Å². The van der Waals surface area contributed by atoms with Gasteiger partial charge in [0.2, 0.25) is 0 Å². The third kappa shape index (κ3) is 3.11. The molecule has 0 aliphatic carbocycles. The highest BCUT2D eigenvalue weighted by atomic mass is 19.1. The number of aromatic nitrogens is 1. The van der Waals surface area contributed by atoms with Gasteiger partial charge in [-0.25, -0.2) is 4.39 Å². The van der Waals surface area contributed by atoms with Gasteiger partial charge in [0.1, 0.15) is 23.4 Å². The fraction of sp³-hybridized carbons (Fsp3) is 0.200. The molecule has 20 heavy (non-hydrogen) atoms. The Morgan fingerprint density at radius 3 is 2.65 bits per heavy atom. The van der Waals surface area contributed by atoms with Crippen molar-refractivity contribution in [1.29, 1.82) is 5.26 Å². The predicted octanol–water partition coefficient (Wildman–Crippen LogP) is 3.29. The molecule has 0 amide bonds. The molecule has 2 aromatic rings. The summed E-state index contributed by atoms with van der Waals surface area (Å²) in [6.07, 6.45) is 2.34. The van der Waals surface area contributed by atoms with E-state index in [1.165, 1.54) is 18.2 Å². The van der Waals surface area contributed by atoms with Gasteiger partial charge in [0, 0.05) is 12.1 Å². The van der Waals surface area contributed by atoms with E-state index in [0.29, 0.717) is 11.5 Å². The lowest BCUT2D eigenvalue weighted by atomic mass is 10.1. The first-order chi connectivity index (χ1) is 9.63. The monoisotopic (exact) mass is 271 g/mol. The minimum atomic E-state index is -0.609. The second kappa shape index (κ2) is 6.13. The smallest absolute Gasteiger partial charge is 0.145 e. The minimum absolute atomic E-state index is 0.0141. The summed E-state index contributed by atoms with van der Waals surface area (Å²) < 4.78 is 18.9. The van der Waals surface area contributed by atoms with Crippen LogP contribution in [-0.4, -0.2) is 4.98 Å². The third-order valence-corrected chi connectivity index (χ3v) is 2.88. The van der Waals surface area contributed by atoms with Crippen LogP contribution in [0.4, 0.5) is 4.39 Å². The van der Waals surface area contributed by atoms with Gasteiger partial charge in [-0.05, 0) is 30.7 Å². The molecule has 0 radical (unpaired) electrons. The summed E-state index contributed by atoms with van der Waals surface area (Å²) in [5.74, 6) is 0.194. The normalized spacial score (nSPS) is 11.7. The largest absolute Gasteiger partial charge is 0.456 e. The number of hydrogen-bond donors (Lipinski definition) is 1.